The zero-order valence-electron chi connectivity index (χ0n) is 8.69. The van der Waals surface area contributed by atoms with E-state index in [2.05, 4.69) is 10.6 Å². The zero-order valence-corrected chi connectivity index (χ0v) is 9.50. The molecule has 1 amide bonds. The van der Waals surface area contributed by atoms with E-state index in [4.69, 9.17) is 9.56 Å². The predicted molar refractivity (Wildman–Crippen MR) is 55.9 cm³/mol. The molecule has 1 heterocycles. The molecule has 90 valence electrons. The number of carbonyl (C=O) groups is 1. The van der Waals surface area contributed by atoms with E-state index in [1.54, 1.807) is 0 Å². The van der Waals surface area contributed by atoms with Gasteiger partial charge >= 0.3 is 0 Å². The van der Waals surface area contributed by atoms with E-state index in [-0.39, 0.29) is 24.1 Å². The molecular formula is C8H13N3O4S. The molecule has 0 saturated heterocycles. The fourth-order valence-corrected chi connectivity index (χ4v) is 1.47. The molecule has 1 aromatic rings. The number of sulfonamides is 1. The Balaban J connectivity index is 2.51. The molecule has 0 aliphatic rings. The average molecular weight is 247 g/mol. The second-order valence-corrected chi connectivity index (χ2v) is 4.53. The molecule has 0 unspecified atom stereocenters. The van der Waals surface area contributed by atoms with Gasteiger partial charge in [0, 0.05) is 7.05 Å². The maximum atomic E-state index is 10.9. The monoisotopic (exact) mass is 247 g/mol. The van der Waals surface area contributed by atoms with E-state index >= 15 is 0 Å². The quantitative estimate of drug-likeness (QED) is 0.602. The number of primary sulfonamides is 1. The summed E-state index contributed by atoms with van der Waals surface area (Å²) in [6.45, 7) is 0.380. The van der Waals surface area contributed by atoms with Crippen molar-refractivity contribution in [1.29, 1.82) is 0 Å². The minimum atomic E-state index is -3.80. The van der Waals surface area contributed by atoms with Crippen molar-refractivity contribution in [1.82, 2.24) is 10.6 Å². The second-order valence-electron chi connectivity index (χ2n) is 3.04. The van der Waals surface area contributed by atoms with Crippen molar-refractivity contribution in [2.24, 2.45) is 5.14 Å². The van der Waals surface area contributed by atoms with Crippen LogP contribution < -0.4 is 15.8 Å². The molecule has 0 aliphatic carbocycles. The molecule has 0 aromatic carbocycles. The molecule has 0 fully saturated rings. The van der Waals surface area contributed by atoms with Gasteiger partial charge in [-0.1, -0.05) is 0 Å². The Morgan fingerprint density at radius 2 is 2.19 bits per heavy atom. The van der Waals surface area contributed by atoms with Gasteiger partial charge in [-0.25, -0.2) is 13.6 Å². The summed E-state index contributed by atoms with van der Waals surface area (Å²) in [5.74, 6) is 0.228. The number of hydrogen-bond donors (Lipinski definition) is 3. The van der Waals surface area contributed by atoms with Crippen LogP contribution in [0, 0.1) is 0 Å². The van der Waals surface area contributed by atoms with Gasteiger partial charge in [-0.15, -0.1) is 0 Å². The minimum absolute atomic E-state index is 0.127. The van der Waals surface area contributed by atoms with Gasteiger partial charge in [-0.2, -0.15) is 0 Å². The highest BCUT2D eigenvalue weighted by Crippen LogP contribution is 2.11. The zero-order chi connectivity index (χ0) is 12.2. The SMILES string of the molecule is CNC(=O)CNCc1ccc(S(N)(=O)=O)o1. The highest BCUT2D eigenvalue weighted by Gasteiger charge is 2.12. The summed E-state index contributed by atoms with van der Waals surface area (Å²) in [5.41, 5.74) is 0. The Bertz CT molecular complexity index is 465. The van der Waals surface area contributed by atoms with Crippen LogP contribution in [0.15, 0.2) is 21.6 Å². The van der Waals surface area contributed by atoms with Crippen molar-refractivity contribution in [2.75, 3.05) is 13.6 Å². The first-order valence-corrected chi connectivity index (χ1v) is 6.01. The number of carbonyl (C=O) groups excluding carboxylic acids is 1. The molecule has 0 bridgehead atoms. The Kier molecular flexibility index (Phi) is 4.05. The molecule has 0 atom stereocenters. The topological polar surface area (TPSA) is 114 Å². The Labute approximate surface area is 93.0 Å². The lowest BCUT2D eigenvalue weighted by molar-refractivity contribution is -0.119. The molecule has 16 heavy (non-hydrogen) atoms. The van der Waals surface area contributed by atoms with Crippen molar-refractivity contribution < 1.29 is 17.6 Å². The molecular weight excluding hydrogens is 234 g/mol. The van der Waals surface area contributed by atoms with Crippen molar-refractivity contribution in [3.63, 3.8) is 0 Å². The Morgan fingerprint density at radius 3 is 2.69 bits per heavy atom. The first kappa shape index (κ1) is 12.7. The van der Waals surface area contributed by atoms with E-state index < -0.39 is 10.0 Å². The lowest BCUT2D eigenvalue weighted by Gasteiger charge is -2.00. The van der Waals surface area contributed by atoms with Crippen LogP contribution >= 0.6 is 0 Å². The third-order valence-corrected chi connectivity index (χ3v) is 2.56. The van der Waals surface area contributed by atoms with Crippen LogP contribution in [0.5, 0.6) is 0 Å². The van der Waals surface area contributed by atoms with E-state index in [0.717, 1.165) is 0 Å². The fraction of sp³-hybridized carbons (Fsp3) is 0.375. The van der Waals surface area contributed by atoms with Crippen LogP contribution in [0.4, 0.5) is 0 Å². The number of likely N-dealkylation sites (N-methyl/N-ethyl adjacent to an activating group) is 1. The van der Waals surface area contributed by atoms with E-state index in [9.17, 15) is 13.2 Å². The molecule has 7 nitrogen and oxygen atoms in total. The summed E-state index contributed by atoms with van der Waals surface area (Å²) in [4.78, 5) is 10.8. The molecule has 4 N–H and O–H groups in total. The standard InChI is InChI=1S/C8H13N3O4S/c1-10-7(12)5-11-4-6-2-3-8(15-6)16(9,13)14/h2-3,11H,4-5H2,1H3,(H,10,12)(H2,9,13,14). The first-order chi connectivity index (χ1) is 7.43. The highest BCUT2D eigenvalue weighted by molar-refractivity contribution is 7.89. The summed E-state index contributed by atoms with van der Waals surface area (Å²) < 4.78 is 26.7. The maximum Gasteiger partial charge on any atom is 0.271 e. The predicted octanol–water partition coefficient (Wildman–Crippen LogP) is -1.24. The molecule has 1 rings (SSSR count). The molecule has 0 spiro atoms. The highest BCUT2D eigenvalue weighted by atomic mass is 32.2. The number of nitrogens with two attached hydrogens (primary N) is 1. The van der Waals surface area contributed by atoms with E-state index in [1.165, 1.54) is 19.2 Å². The maximum absolute atomic E-state index is 10.9. The average Bonchev–Trinajstić information content (AvgIpc) is 2.65. The van der Waals surface area contributed by atoms with Crippen LogP contribution in [-0.4, -0.2) is 27.9 Å². The van der Waals surface area contributed by atoms with Gasteiger partial charge in [0.05, 0.1) is 13.1 Å². The largest absolute Gasteiger partial charge is 0.447 e. The van der Waals surface area contributed by atoms with Crippen LogP contribution in [-0.2, 0) is 21.4 Å². The number of nitrogens with one attached hydrogen (secondary N) is 2. The Hall–Kier alpha value is -1.38. The minimum Gasteiger partial charge on any atom is -0.447 e. The van der Waals surface area contributed by atoms with E-state index in [1.807, 2.05) is 0 Å². The molecule has 0 aliphatic heterocycles. The number of rotatable bonds is 5. The number of furan rings is 1. The van der Waals surface area contributed by atoms with Gasteiger partial charge in [0.1, 0.15) is 5.76 Å². The molecule has 0 radical (unpaired) electrons. The fourth-order valence-electron chi connectivity index (χ4n) is 0.994. The summed E-state index contributed by atoms with van der Waals surface area (Å²) >= 11 is 0. The normalized spacial score (nSPS) is 11.4. The van der Waals surface area contributed by atoms with Crippen LogP contribution in [0.1, 0.15) is 5.76 Å². The first-order valence-electron chi connectivity index (χ1n) is 4.46. The van der Waals surface area contributed by atoms with Crippen LogP contribution in [0.25, 0.3) is 0 Å². The summed E-state index contributed by atoms with van der Waals surface area (Å²) in [6, 6.07) is 2.75. The number of hydrogen-bond acceptors (Lipinski definition) is 5. The van der Waals surface area contributed by atoms with Crippen molar-refractivity contribution in [3.05, 3.63) is 17.9 Å². The molecule has 8 heteroatoms. The summed E-state index contributed by atoms with van der Waals surface area (Å²) in [5, 5.41) is 9.78. The lowest BCUT2D eigenvalue weighted by Crippen LogP contribution is -2.30. The summed E-state index contributed by atoms with van der Waals surface area (Å²) in [7, 11) is -2.28. The van der Waals surface area contributed by atoms with Crippen molar-refractivity contribution in [3.8, 4) is 0 Å². The summed E-state index contributed by atoms with van der Waals surface area (Å²) in [6.07, 6.45) is 0. The second kappa shape index (κ2) is 5.10. The number of amides is 1. The van der Waals surface area contributed by atoms with Crippen LogP contribution in [0.2, 0.25) is 0 Å². The third-order valence-electron chi connectivity index (χ3n) is 1.78. The van der Waals surface area contributed by atoms with Gasteiger partial charge in [-0.3, -0.25) is 4.79 Å². The van der Waals surface area contributed by atoms with E-state index in [0.29, 0.717) is 5.76 Å². The molecule has 0 saturated carbocycles. The smallest absolute Gasteiger partial charge is 0.271 e. The molecule has 1 aromatic heterocycles. The lowest BCUT2D eigenvalue weighted by atomic mass is 10.4. The van der Waals surface area contributed by atoms with Gasteiger partial charge in [0.25, 0.3) is 10.0 Å². The van der Waals surface area contributed by atoms with Gasteiger partial charge in [-0.05, 0) is 12.1 Å². The van der Waals surface area contributed by atoms with Crippen molar-refractivity contribution in [2.45, 2.75) is 11.6 Å². The van der Waals surface area contributed by atoms with Gasteiger partial charge < -0.3 is 15.1 Å². The van der Waals surface area contributed by atoms with Gasteiger partial charge in [0.15, 0.2) is 0 Å². The third kappa shape index (κ3) is 3.65. The van der Waals surface area contributed by atoms with Crippen molar-refractivity contribution >= 4 is 15.9 Å². The Morgan fingerprint density at radius 1 is 1.50 bits per heavy atom. The van der Waals surface area contributed by atoms with Gasteiger partial charge in [0.2, 0.25) is 11.0 Å². The van der Waals surface area contributed by atoms with Crippen LogP contribution in [0.3, 0.4) is 0 Å².